The van der Waals surface area contributed by atoms with Crippen LogP contribution in [0.15, 0.2) is 201 Å². The van der Waals surface area contributed by atoms with Gasteiger partial charge in [0.1, 0.15) is 0 Å². The van der Waals surface area contributed by atoms with Gasteiger partial charge in [0.25, 0.3) is 0 Å². The van der Waals surface area contributed by atoms with E-state index in [4.69, 9.17) is 0 Å². The van der Waals surface area contributed by atoms with Gasteiger partial charge in [0, 0.05) is 41.1 Å². The monoisotopic (exact) mass is 684 g/mol. The van der Waals surface area contributed by atoms with Crippen LogP contribution in [-0.4, -0.2) is 9.97 Å². The van der Waals surface area contributed by atoms with Crippen LogP contribution in [0.25, 0.3) is 22.3 Å². The summed E-state index contributed by atoms with van der Waals surface area (Å²) < 4.78 is 0. The molecule has 8 rings (SSSR count). The summed E-state index contributed by atoms with van der Waals surface area (Å²) in [6.07, 6.45) is 7.48. The summed E-state index contributed by atoms with van der Waals surface area (Å²) in [5.41, 5.74) is 14.6. The SMILES string of the molecule is Cc1ccccc1-c1cc(-c2cc(N(c3ccccc3)c3cccnc3)cc(N(c3ccccc3)c3cccnc3)c2)ccc1C(C)c1ccccc1. The molecule has 1 atom stereocenters. The minimum atomic E-state index is 0.208. The molecule has 53 heavy (non-hydrogen) atoms. The molecule has 0 aliphatic carbocycles. The molecule has 1 unspecified atom stereocenters. The zero-order valence-corrected chi connectivity index (χ0v) is 29.9. The van der Waals surface area contributed by atoms with E-state index in [-0.39, 0.29) is 5.92 Å². The van der Waals surface area contributed by atoms with Crippen LogP contribution in [0.3, 0.4) is 0 Å². The molecule has 0 bridgehead atoms. The van der Waals surface area contributed by atoms with Crippen LogP contribution in [0.5, 0.6) is 0 Å². The molecule has 0 saturated heterocycles. The Morgan fingerprint density at radius 2 is 0.925 bits per heavy atom. The Labute approximate surface area is 312 Å². The Morgan fingerprint density at radius 1 is 0.415 bits per heavy atom. The molecule has 0 fully saturated rings. The minimum Gasteiger partial charge on any atom is -0.309 e. The van der Waals surface area contributed by atoms with E-state index in [2.05, 4.69) is 197 Å². The molecule has 4 nitrogen and oxygen atoms in total. The third-order valence-electron chi connectivity index (χ3n) is 9.84. The van der Waals surface area contributed by atoms with Crippen molar-refractivity contribution in [3.05, 3.63) is 217 Å². The van der Waals surface area contributed by atoms with Gasteiger partial charge in [0.2, 0.25) is 0 Å². The van der Waals surface area contributed by atoms with Gasteiger partial charge < -0.3 is 9.80 Å². The molecule has 0 N–H and O–H groups in total. The number of aryl methyl sites for hydroxylation is 1. The minimum absolute atomic E-state index is 0.208. The summed E-state index contributed by atoms with van der Waals surface area (Å²) in [7, 11) is 0. The van der Waals surface area contributed by atoms with Gasteiger partial charge in [-0.15, -0.1) is 0 Å². The summed E-state index contributed by atoms with van der Waals surface area (Å²) in [4.78, 5) is 13.6. The summed E-state index contributed by atoms with van der Waals surface area (Å²) in [5, 5.41) is 0. The third-order valence-corrected chi connectivity index (χ3v) is 9.84. The quantitative estimate of drug-likeness (QED) is 0.144. The van der Waals surface area contributed by atoms with E-state index in [9.17, 15) is 0 Å². The second-order valence-corrected chi connectivity index (χ2v) is 13.3. The maximum Gasteiger partial charge on any atom is 0.0644 e. The molecule has 0 saturated carbocycles. The maximum atomic E-state index is 4.53. The number of hydrogen-bond donors (Lipinski definition) is 0. The number of anilines is 6. The second-order valence-electron chi connectivity index (χ2n) is 13.3. The first-order valence-corrected chi connectivity index (χ1v) is 18.0. The third kappa shape index (κ3) is 7.08. The van der Waals surface area contributed by atoms with Gasteiger partial charge in [-0.25, -0.2) is 0 Å². The zero-order valence-electron chi connectivity index (χ0n) is 29.9. The Morgan fingerprint density at radius 3 is 1.45 bits per heavy atom. The van der Waals surface area contributed by atoms with Gasteiger partial charge in [-0.05, 0) is 119 Å². The van der Waals surface area contributed by atoms with E-state index in [1.807, 2.05) is 36.9 Å². The van der Waals surface area contributed by atoms with Crippen LogP contribution in [0, 0.1) is 6.92 Å². The number of rotatable bonds is 10. The Balaban J connectivity index is 1.38. The lowest BCUT2D eigenvalue weighted by atomic mass is 9.84. The molecular formula is C49H40N4. The topological polar surface area (TPSA) is 32.3 Å². The number of benzene rings is 6. The fourth-order valence-corrected chi connectivity index (χ4v) is 7.18. The molecule has 0 radical (unpaired) electrons. The van der Waals surface area contributed by atoms with Crippen LogP contribution in [0.1, 0.15) is 29.5 Å². The van der Waals surface area contributed by atoms with Gasteiger partial charge in [-0.3, -0.25) is 9.97 Å². The summed E-state index contributed by atoms with van der Waals surface area (Å²) >= 11 is 0. The molecule has 2 aromatic heterocycles. The summed E-state index contributed by atoms with van der Waals surface area (Å²) in [5.74, 6) is 0.208. The molecule has 2 heterocycles. The number of para-hydroxylation sites is 2. The van der Waals surface area contributed by atoms with E-state index in [0.29, 0.717) is 0 Å². The standard InChI is InChI=1S/C49H40N4/c1-36-16-12-13-25-47(36)49-32-39(26-27-48(49)37(2)38-17-6-3-7-18-38)40-30-45(52(41-19-8-4-9-20-41)43-23-14-28-50-34-43)33-46(31-40)53(42-21-10-5-11-22-42)44-24-15-29-51-35-44/h3-35,37H,1-2H3. The van der Waals surface area contributed by atoms with Crippen molar-refractivity contribution in [2.45, 2.75) is 19.8 Å². The number of hydrogen-bond acceptors (Lipinski definition) is 4. The average molecular weight is 685 g/mol. The molecule has 8 aromatic rings. The van der Waals surface area contributed by atoms with Gasteiger partial charge in [-0.2, -0.15) is 0 Å². The largest absolute Gasteiger partial charge is 0.309 e. The van der Waals surface area contributed by atoms with Crippen molar-refractivity contribution in [1.29, 1.82) is 0 Å². The van der Waals surface area contributed by atoms with E-state index in [0.717, 1.165) is 45.3 Å². The smallest absolute Gasteiger partial charge is 0.0644 e. The molecule has 0 spiro atoms. The van der Waals surface area contributed by atoms with E-state index >= 15 is 0 Å². The van der Waals surface area contributed by atoms with E-state index in [1.54, 1.807) is 0 Å². The van der Waals surface area contributed by atoms with Crippen LogP contribution in [0.2, 0.25) is 0 Å². The molecule has 0 aliphatic heterocycles. The lowest BCUT2D eigenvalue weighted by Gasteiger charge is -2.30. The van der Waals surface area contributed by atoms with Gasteiger partial charge in [0.15, 0.2) is 0 Å². The van der Waals surface area contributed by atoms with Crippen LogP contribution >= 0.6 is 0 Å². The highest BCUT2D eigenvalue weighted by Crippen LogP contribution is 2.44. The fraction of sp³-hybridized carbons (Fsp3) is 0.0612. The van der Waals surface area contributed by atoms with Crippen molar-refractivity contribution in [3.63, 3.8) is 0 Å². The van der Waals surface area contributed by atoms with E-state index < -0.39 is 0 Å². The van der Waals surface area contributed by atoms with Crippen LogP contribution in [-0.2, 0) is 0 Å². The van der Waals surface area contributed by atoms with Crippen molar-refractivity contribution in [1.82, 2.24) is 9.97 Å². The highest BCUT2D eigenvalue weighted by Gasteiger charge is 2.21. The van der Waals surface area contributed by atoms with Crippen molar-refractivity contribution < 1.29 is 0 Å². The Bertz CT molecular complexity index is 2240. The van der Waals surface area contributed by atoms with E-state index in [1.165, 1.54) is 27.8 Å². The van der Waals surface area contributed by atoms with Crippen LogP contribution in [0.4, 0.5) is 34.1 Å². The first-order valence-electron chi connectivity index (χ1n) is 18.0. The van der Waals surface area contributed by atoms with Crippen molar-refractivity contribution in [3.8, 4) is 22.3 Å². The molecular weight excluding hydrogens is 645 g/mol. The molecule has 256 valence electrons. The van der Waals surface area contributed by atoms with Gasteiger partial charge in [-0.1, -0.05) is 110 Å². The number of pyridine rings is 2. The lowest BCUT2D eigenvalue weighted by molar-refractivity contribution is 0.925. The Hall–Kier alpha value is -6.78. The highest BCUT2D eigenvalue weighted by molar-refractivity contribution is 5.88. The summed E-state index contributed by atoms with van der Waals surface area (Å²) in [6, 6.07) is 62.6. The van der Waals surface area contributed by atoms with Crippen molar-refractivity contribution in [2.24, 2.45) is 0 Å². The first kappa shape index (κ1) is 33.4. The Kier molecular flexibility index (Phi) is 9.58. The number of nitrogens with zero attached hydrogens (tertiary/aromatic N) is 4. The summed E-state index contributed by atoms with van der Waals surface area (Å²) in [6.45, 7) is 4.51. The predicted octanol–water partition coefficient (Wildman–Crippen LogP) is 13.2. The normalized spacial score (nSPS) is 11.5. The predicted molar refractivity (Wildman–Crippen MR) is 221 cm³/mol. The number of aromatic nitrogens is 2. The lowest BCUT2D eigenvalue weighted by Crippen LogP contribution is -2.14. The molecule has 0 amide bonds. The average Bonchev–Trinajstić information content (AvgIpc) is 3.23. The van der Waals surface area contributed by atoms with Crippen molar-refractivity contribution >= 4 is 34.1 Å². The molecule has 6 aromatic carbocycles. The zero-order chi connectivity index (χ0) is 36.0. The molecule has 4 heteroatoms. The second kappa shape index (κ2) is 15.2. The first-order chi connectivity index (χ1) is 26.1. The molecule has 0 aliphatic rings. The van der Waals surface area contributed by atoms with Gasteiger partial charge in [0.05, 0.1) is 23.8 Å². The highest BCUT2D eigenvalue weighted by atomic mass is 15.2. The maximum absolute atomic E-state index is 4.53. The van der Waals surface area contributed by atoms with Crippen molar-refractivity contribution in [2.75, 3.05) is 9.80 Å². The fourth-order valence-electron chi connectivity index (χ4n) is 7.18. The van der Waals surface area contributed by atoms with Gasteiger partial charge >= 0.3 is 0 Å². The van der Waals surface area contributed by atoms with Crippen LogP contribution < -0.4 is 9.80 Å².